The van der Waals surface area contributed by atoms with Crippen LogP contribution >= 0.6 is 11.3 Å². The first-order valence-electron chi connectivity index (χ1n) is 7.55. The Morgan fingerprint density at radius 3 is 2.78 bits per heavy atom. The number of aliphatic hydroxyl groups excluding tert-OH is 1. The second-order valence-corrected chi connectivity index (χ2v) is 6.74. The third-order valence-electron chi connectivity index (χ3n) is 4.17. The predicted molar refractivity (Wildman–Crippen MR) is 79.1 cm³/mol. The summed E-state index contributed by atoms with van der Waals surface area (Å²) in [5, 5.41) is 12.1. The van der Waals surface area contributed by atoms with E-state index in [4.69, 9.17) is 0 Å². The Kier molecular flexibility index (Phi) is 6.22. The topological polar surface area (TPSA) is 20.2 Å². The Bertz CT molecular complexity index is 301. The van der Waals surface area contributed by atoms with Crippen LogP contribution in [0.5, 0.6) is 0 Å². The molecule has 1 atom stereocenters. The van der Waals surface area contributed by atoms with Crippen LogP contribution in [0.1, 0.15) is 62.7 Å². The first-order chi connectivity index (χ1) is 8.84. The molecule has 1 saturated carbocycles. The van der Waals surface area contributed by atoms with Gasteiger partial charge in [0.2, 0.25) is 0 Å². The summed E-state index contributed by atoms with van der Waals surface area (Å²) in [6.45, 7) is 0. The van der Waals surface area contributed by atoms with Crippen LogP contribution in [0, 0.1) is 5.92 Å². The molecule has 0 aromatic carbocycles. The number of aryl methyl sites for hydroxylation is 1. The molecule has 0 aliphatic heterocycles. The van der Waals surface area contributed by atoms with Gasteiger partial charge >= 0.3 is 0 Å². The summed E-state index contributed by atoms with van der Waals surface area (Å²) < 4.78 is 0. The van der Waals surface area contributed by atoms with Crippen molar-refractivity contribution in [2.75, 3.05) is 0 Å². The fourth-order valence-electron chi connectivity index (χ4n) is 3.01. The zero-order chi connectivity index (χ0) is 12.6. The third kappa shape index (κ3) is 5.11. The minimum absolute atomic E-state index is 0.0631. The highest BCUT2D eigenvalue weighted by atomic mass is 32.1. The Balaban J connectivity index is 1.53. The number of hydrogen-bond donors (Lipinski definition) is 1. The van der Waals surface area contributed by atoms with Crippen LogP contribution in [-0.4, -0.2) is 11.2 Å². The molecule has 0 spiro atoms. The van der Waals surface area contributed by atoms with E-state index in [1.807, 2.05) is 11.3 Å². The maximum atomic E-state index is 10.0. The van der Waals surface area contributed by atoms with Crippen LogP contribution in [0.4, 0.5) is 0 Å². The lowest BCUT2D eigenvalue weighted by Gasteiger charge is -2.22. The van der Waals surface area contributed by atoms with Crippen molar-refractivity contribution in [1.29, 1.82) is 0 Å². The standard InChI is InChI=1S/C16H26OS/c17-15(8-4-9-16-10-5-13-18-16)12-11-14-6-2-1-3-7-14/h5,10,13-15,17H,1-4,6-9,11-12H2. The first-order valence-corrected chi connectivity index (χ1v) is 8.43. The van der Waals surface area contributed by atoms with Gasteiger partial charge in [0, 0.05) is 4.88 Å². The molecule has 1 fully saturated rings. The highest BCUT2D eigenvalue weighted by Crippen LogP contribution is 2.28. The van der Waals surface area contributed by atoms with Crippen molar-refractivity contribution in [3.8, 4) is 0 Å². The van der Waals surface area contributed by atoms with E-state index in [0.717, 1.165) is 31.6 Å². The molecule has 18 heavy (non-hydrogen) atoms. The quantitative estimate of drug-likeness (QED) is 0.752. The molecule has 1 unspecified atom stereocenters. The highest BCUT2D eigenvalue weighted by Gasteiger charge is 2.15. The average Bonchev–Trinajstić information content (AvgIpc) is 2.91. The third-order valence-corrected chi connectivity index (χ3v) is 5.11. The molecule has 1 aliphatic rings. The molecule has 1 aromatic rings. The molecule has 1 heterocycles. The minimum Gasteiger partial charge on any atom is -0.393 e. The molecule has 102 valence electrons. The van der Waals surface area contributed by atoms with Crippen molar-refractivity contribution >= 4 is 11.3 Å². The highest BCUT2D eigenvalue weighted by molar-refractivity contribution is 7.09. The smallest absolute Gasteiger partial charge is 0.0540 e. The van der Waals surface area contributed by atoms with Crippen LogP contribution in [-0.2, 0) is 6.42 Å². The molecule has 1 aliphatic carbocycles. The molecule has 1 aromatic heterocycles. The largest absolute Gasteiger partial charge is 0.393 e. The van der Waals surface area contributed by atoms with Gasteiger partial charge in [-0.15, -0.1) is 11.3 Å². The van der Waals surface area contributed by atoms with Crippen molar-refractivity contribution in [1.82, 2.24) is 0 Å². The van der Waals surface area contributed by atoms with E-state index in [0.29, 0.717) is 0 Å². The van der Waals surface area contributed by atoms with Gasteiger partial charge in [-0.25, -0.2) is 0 Å². The average molecular weight is 266 g/mol. The molecule has 0 radical (unpaired) electrons. The van der Waals surface area contributed by atoms with Gasteiger partial charge in [0.15, 0.2) is 0 Å². The summed E-state index contributed by atoms with van der Waals surface area (Å²) in [6.07, 6.45) is 12.5. The van der Waals surface area contributed by atoms with Gasteiger partial charge in [-0.3, -0.25) is 0 Å². The van der Waals surface area contributed by atoms with Crippen LogP contribution < -0.4 is 0 Å². The van der Waals surface area contributed by atoms with Gasteiger partial charge in [-0.1, -0.05) is 38.2 Å². The lowest BCUT2D eigenvalue weighted by atomic mass is 9.85. The normalized spacial score (nSPS) is 18.9. The summed E-state index contributed by atoms with van der Waals surface area (Å²) >= 11 is 1.83. The van der Waals surface area contributed by atoms with Crippen LogP contribution in [0.15, 0.2) is 17.5 Å². The number of thiophene rings is 1. The number of hydrogen-bond acceptors (Lipinski definition) is 2. The van der Waals surface area contributed by atoms with E-state index in [1.54, 1.807) is 0 Å². The zero-order valence-corrected chi connectivity index (χ0v) is 12.1. The summed E-state index contributed by atoms with van der Waals surface area (Å²) in [5.74, 6) is 0.908. The van der Waals surface area contributed by atoms with E-state index < -0.39 is 0 Å². The summed E-state index contributed by atoms with van der Waals surface area (Å²) in [7, 11) is 0. The van der Waals surface area contributed by atoms with Crippen molar-refractivity contribution in [2.45, 2.75) is 70.3 Å². The van der Waals surface area contributed by atoms with E-state index >= 15 is 0 Å². The van der Waals surface area contributed by atoms with Crippen LogP contribution in [0.2, 0.25) is 0 Å². The fourth-order valence-corrected chi connectivity index (χ4v) is 3.77. The summed E-state index contributed by atoms with van der Waals surface area (Å²) in [5.41, 5.74) is 0. The Morgan fingerprint density at radius 2 is 2.06 bits per heavy atom. The van der Waals surface area contributed by atoms with Crippen molar-refractivity contribution in [3.63, 3.8) is 0 Å². The maximum absolute atomic E-state index is 10.0. The van der Waals surface area contributed by atoms with Gasteiger partial charge in [0.1, 0.15) is 0 Å². The van der Waals surface area contributed by atoms with Gasteiger partial charge in [-0.05, 0) is 49.5 Å². The van der Waals surface area contributed by atoms with E-state index in [1.165, 1.54) is 43.4 Å². The van der Waals surface area contributed by atoms with E-state index in [2.05, 4.69) is 17.5 Å². The number of aliphatic hydroxyl groups is 1. The van der Waals surface area contributed by atoms with Crippen LogP contribution in [0.3, 0.4) is 0 Å². The van der Waals surface area contributed by atoms with Gasteiger partial charge < -0.3 is 5.11 Å². The maximum Gasteiger partial charge on any atom is 0.0540 e. The molecule has 2 heteroatoms. The molecule has 0 bridgehead atoms. The SMILES string of the molecule is OC(CCCc1cccs1)CCC1CCCCC1. The molecular formula is C16H26OS. The van der Waals surface area contributed by atoms with Crippen LogP contribution in [0.25, 0.3) is 0 Å². The number of rotatable bonds is 7. The van der Waals surface area contributed by atoms with E-state index in [-0.39, 0.29) is 6.10 Å². The molecular weight excluding hydrogens is 240 g/mol. The molecule has 1 N–H and O–H groups in total. The lowest BCUT2D eigenvalue weighted by Crippen LogP contribution is -2.12. The second-order valence-electron chi connectivity index (χ2n) is 5.71. The fraction of sp³-hybridized carbons (Fsp3) is 0.750. The summed E-state index contributed by atoms with van der Waals surface area (Å²) in [6, 6.07) is 4.30. The monoisotopic (exact) mass is 266 g/mol. The molecule has 0 saturated heterocycles. The molecule has 1 nitrogen and oxygen atoms in total. The van der Waals surface area contributed by atoms with Gasteiger partial charge in [-0.2, -0.15) is 0 Å². The molecule has 2 rings (SSSR count). The second kappa shape index (κ2) is 7.96. The Morgan fingerprint density at radius 1 is 1.22 bits per heavy atom. The Labute approximate surface area is 115 Å². The molecule has 0 amide bonds. The predicted octanol–water partition coefficient (Wildman–Crippen LogP) is 4.79. The summed E-state index contributed by atoms with van der Waals surface area (Å²) in [4.78, 5) is 1.45. The van der Waals surface area contributed by atoms with Crippen molar-refractivity contribution in [2.24, 2.45) is 5.92 Å². The first kappa shape index (κ1) is 14.1. The Hall–Kier alpha value is -0.340. The minimum atomic E-state index is -0.0631. The van der Waals surface area contributed by atoms with E-state index in [9.17, 15) is 5.11 Å². The van der Waals surface area contributed by atoms with Gasteiger partial charge in [0.25, 0.3) is 0 Å². The van der Waals surface area contributed by atoms with Crippen molar-refractivity contribution < 1.29 is 5.11 Å². The van der Waals surface area contributed by atoms with Gasteiger partial charge in [0.05, 0.1) is 6.10 Å². The van der Waals surface area contributed by atoms with Crippen molar-refractivity contribution in [3.05, 3.63) is 22.4 Å². The lowest BCUT2D eigenvalue weighted by molar-refractivity contribution is 0.138. The zero-order valence-electron chi connectivity index (χ0n) is 11.3.